The van der Waals surface area contributed by atoms with Crippen LogP contribution >= 0.6 is 11.3 Å². The maximum Gasteiger partial charge on any atom is 0.240 e. The summed E-state index contributed by atoms with van der Waals surface area (Å²) in [5.74, 6) is 0.154. The topological polar surface area (TPSA) is 32.3 Å². The average molecular weight is 272 g/mol. The van der Waals surface area contributed by atoms with Gasteiger partial charge in [0.2, 0.25) is 5.91 Å². The van der Waals surface area contributed by atoms with Crippen molar-refractivity contribution < 1.29 is 4.79 Å². The van der Waals surface area contributed by atoms with Crippen molar-refractivity contribution in [2.45, 2.75) is 13.0 Å². The van der Waals surface area contributed by atoms with Crippen LogP contribution in [-0.2, 0) is 17.8 Å². The maximum atomic E-state index is 12.2. The summed E-state index contributed by atoms with van der Waals surface area (Å²) in [5, 5.41) is 5.27. The van der Waals surface area contributed by atoms with Gasteiger partial charge in [-0.3, -0.25) is 4.79 Å². The molecular formula is C15H16N2OS. The van der Waals surface area contributed by atoms with Crippen molar-refractivity contribution in [2.24, 2.45) is 0 Å². The van der Waals surface area contributed by atoms with E-state index in [0.717, 1.165) is 25.2 Å². The maximum absolute atomic E-state index is 12.2. The van der Waals surface area contributed by atoms with Crippen LogP contribution in [0.4, 0.5) is 5.69 Å². The highest BCUT2D eigenvalue weighted by Crippen LogP contribution is 2.27. The molecule has 2 heterocycles. The van der Waals surface area contributed by atoms with E-state index in [1.165, 1.54) is 10.4 Å². The summed E-state index contributed by atoms with van der Waals surface area (Å²) in [6.07, 6.45) is 0.965. The minimum atomic E-state index is 0.154. The second kappa shape index (κ2) is 5.55. The number of hydrogen-bond donors (Lipinski definition) is 1. The van der Waals surface area contributed by atoms with Gasteiger partial charge in [-0.25, -0.2) is 0 Å². The lowest BCUT2D eigenvalue weighted by atomic mass is 10.2. The van der Waals surface area contributed by atoms with Crippen molar-refractivity contribution >= 4 is 22.9 Å². The van der Waals surface area contributed by atoms with Gasteiger partial charge in [0.15, 0.2) is 0 Å². The van der Waals surface area contributed by atoms with Gasteiger partial charge >= 0.3 is 0 Å². The Balaban J connectivity index is 1.57. The summed E-state index contributed by atoms with van der Waals surface area (Å²) in [6.45, 7) is 1.96. The zero-order valence-corrected chi connectivity index (χ0v) is 11.5. The molecule has 3 rings (SSSR count). The molecule has 0 unspecified atom stereocenters. The highest BCUT2D eigenvalue weighted by Gasteiger charge is 2.23. The van der Waals surface area contributed by atoms with Crippen molar-refractivity contribution in [1.29, 1.82) is 0 Å². The van der Waals surface area contributed by atoms with Crippen LogP contribution < -0.4 is 10.2 Å². The molecule has 0 fully saturated rings. The Morgan fingerprint density at radius 3 is 3.00 bits per heavy atom. The monoisotopic (exact) mass is 272 g/mol. The second-order valence-corrected chi connectivity index (χ2v) is 5.64. The molecule has 0 bridgehead atoms. The second-order valence-electron chi connectivity index (χ2n) is 4.61. The van der Waals surface area contributed by atoms with Gasteiger partial charge in [0.05, 0.1) is 6.54 Å². The molecule has 4 heteroatoms. The molecule has 1 aromatic carbocycles. The average Bonchev–Trinajstić information content (AvgIpc) is 3.07. The predicted octanol–water partition coefficient (Wildman–Crippen LogP) is 2.43. The van der Waals surface area contributed by atoms with Crippen molar-refractivity contribution in [3.63, 3.8) is 0 Å². The van der Waals surface area contributed by atoms with Gasteiger partial charge in [-0.15, -0.1) is 11.3 Å². The van der Waals surface area contributed by atoms with Gasteiger partial charge in [0, 0.05) is 23.7 Å². The molecule has 0 spiro atoms. The third-order valence-corrected chi connectivity index (χ3v) is 4.22. The molecule has 1 aliphatic heterocycles. The first kappa shape index (κ1) is 12.4. The van der Waals surface area contributed by atoms with Crippen LogP contribution in [0.15, 0.2) is 41.8 Å². The largest absolute Gasteiger partial charge is 0.311 e. The number of nitrogens with zero attached hydrogens (tertiary/aromatic N) is 1. The number of hydrogen-bond acceptors (Lipinski definition) is 3. The van der Waals surface area contributed by atoms with Crippen LogP contribution in [0, 0.1) is 0 Å². The highest BCUT2D eigenvalue weighted by molar-refractivity contribution is 7.09. The lowest BCUT2D eigenvalue weighted by molar-refractivity contribution is -0.117. The van der Waals surface area contributed by atoms with E-state index >= 15 is 0 Å². The minimum Gasteiger partial charge on any atom is -0.311 e. The Bertz CT molecular complexity index is 565. The summed E-state index contributed by atoms with van der Waals surface area (Å²) >= 11 is 1.71. The number of carbonyl (C=O) groups excluding carboxylic acids is 1. The quantitative estimate of drug-likeness (QED) is 0.927. The standard InChI is InChI=1S/C15H16N2OS/c18-15(11-16-10-13-5-3-9-19-13)17-8-7-12-4-1-2-6-14(12)17/h1-6,9,16H,7-8,10-11H2. The highest BCUT2D eigenvalue weighted by atomic mass is 32.1. The summed E-state index contributed by atoms with van der Waals surface area (Å²) in [4.78, 5) is 15.3. The Morgan fingerprint density at radius 2 is 2.16 bits per heavy atom. The van der Waals surface area contributed by atoms with Gasteiger partial charge in [-0.2, -0.15) is 0 Å². The number of para-hydroxylation sites is 1. The predicted molar refractivity (Wildman–Crippen MR) is 78.5 cm³/mol. The molecule has 0 atom stereocenters. The number of benzene rings is 1. The Hall–Kier alpha value is -1.65. The molecule has 19 heavy (non-hydrogen) atoms. The Morgan fingerprint density at radius 1 is 1.26 bits per heavy atom. The molecule has 98 valence electrons. The van der Waals surface area contributed by atoms with Crippen LogP contribution in [-0.4, -0.2) is 19.0 Å². The summed E-state index contributed by atoms with van der Waals surface area (Å²) in [6, 6.07) is 12.3. The first-order valence-corrected chi connectivity index (χ1v) is 7.34. The number of carbonyl (C=O) groups is 1. The normalized spacial score (nSPS) is 13.6. The van der Waals surface area contributed by atoms with Crippen LogP contribution in [0.5, 0.6) is 0 Å². The van der Waals surface area contributed by atoms with Gasteiger partial charge in [-0.05, 0) is 29.5 Å². The summed E-state index contributed by atoms with van der Waals surface area (Å²) in [7, 11) is 0. The third kappa shape index (κ3) is 2.69. The number of fused-ring (bicyclic) bond motifs is 1. The number of amides is 1. The van der Waals surface area contributed by atoms with Crippen molar-refractivity contribution in [3.8, 4) is 0 Å². The lowest BCUT2D eigenvalue weighted by Crippen LogP contribution is -2.36. The van der Waals surface area contributed by atoms with Crippen molar-refractivity contribution in [1.82, 2.24) is 5.32 Å². The van der Waals surface area contributed by atoms with Crippen molar-refractivity contribution in [2.75, 3.05) is 18.0 Å². The SMILES string of the molecule is O=C(CNCc1cccs1)N1CCc2ccccc21. The molecule has 0 radical (unpaired) electrons. The fourth-order valence-corrected chi connectivity index (χ4v) is 3.07. The van der Waals surface area contributed by atoms with E-state index in [-0.39, 0.29) is 5.91 Å². The molecule has 1 aliphatic rings. The lowest BCUT2D eigenvalue weighted by Gasteiger charge is -2.17. The van der Waals surface area contributed by atoms with E-state index < -0.39 is 0 Å². The smallest absolute Gasteiger partial charge is 0.240 e. The molecule has 0 saturated carbocycles. The zero-order valence-electron chi connectivity index (χ0n) is 10.6. The third-order valence-electron chi connectivity index (χ3n) is 3.34. The van der Waals surface area contributed by atoms with E-state index in [1.54, 1.807) is 11.3 Å². The first-order chi connectivity index (χ1) is 9.34. The van der Waals surface area contributed by atoms with Crippen molar-refractivity contribution in [3.05, 3.63) is 52.2 Å². The molecule has 0 aliphatic carbocycles. The van der Waals surface area contributed by atoms with Gasteiger partial charge in [0.25, 0.3) is 0 Å². The van der Waals surface area contributed by atoms with Gasteiger partial charge in [0.1, 0.15) is 0 Å². The fraction of sp³-hybridized carbons (Fsp3) is 0.267. The molecule has 0 saturated heterocycles. The van der Waals surface area contributed by atoms with E-state index in [1.807, 2.05) is 29.2 Å². The number of anilines is 1. The molecule has 2 aromatic rings. The Kier molecular flexibility index (Phi) is 3.62. The number of thiophene rings is 1. The summed E-state index contributed by atoms with van der Waals surface area (Å²) < 4.78 is 0. The number of nitrogens with one attached hydrogen (secondary N) is 1. The van der Waals surface area contributed by atoms with E-state index in [9.17, 15) is 4.79 Å². The van der Waals surface area contributed by atoms with E-state index in [4.69, 9.17) is 0 Å². The summed E-state index contributed by atoms with van der Waals surface area (Å²) in [5.41, 5.74) is 2.35. The van der Waals surface area contributed by atoms with Crippen LogP contribution in [0.25, 0.3) is 0 Å². The minimum absolute atomic E-state index is 0.154. The zero-order chi connectivity index (χ0) is 13.1. The van der Waals surface area contributed by atoms with E-state index in [2.05, 4.69) is 22.8 Å². The molecule has 3 nitrogen and oxygen atoms in total. The van der Waals surface area contributed by atoms with Gasteiger partial charge < -0.3 is 10.2 Å². The first-order valence-electron chi connectivity index (χ1n) is 6.46. The molecule has 1 aromatic heterocycles. The fourth-order valence-electron chi connectivity index (χ4n) is 2.40. The van der Waals surface area contributed by atoms with Crippen LogP contribution in [0.3, 0.4) is 0 Å². The van der Waals surface area contributed by atoms with Crippen LogP contribution in [0.1, 0.15) is 10.4 Å². The number of rotatable bonds is 4. The molecule has 1 N–H and O–H groups in total. The van der Waals surface area contributed by atoms with E-state index in [0.29, 0.717) is 6.54 Å². The van der Waals surface area contributed by atoms with Gasteiger partial charge in [-0.1, -0.05) is 24.3 Å². The molecule has 1 amide bonds. The molecular weight excluding hydrogens is 256 g/mol. The Labute approximate surface area is 116 Å². The van der Waals surface area contributed by atoms with Crippen LogP contribution in [0.2, 0.25) is 0 Å².